The lowest BCUT2D eigenvalue weighted by molar-refractivity contribution is -0.127. The number of rotatable bonds is 4. The maximum atomic E-state index is 12.0. The van der Waals surface area contributed by atoms with E-state index >= 15 is 0 Å². The number of halogens is 2. The number of amides is 1. The lowest BCUT2D eigenvalue weighted by Crippen LogP contribution is -2.36. The van der Waals surface area contributed by atoms with E-state index in [1.807, 2.05) is 0 Å². The molecule has 0 unspecified atom stereocenters. The van der Waals surface area contributed by atoms with Crippen LogP contribution in [-0.4, -0.2) is 39.9 Å². The Balaban J connectivity index is 2.98. The number of nitrogens with zero attached hydrogens (tertiary/aromatic N) is 1. The monoisotopic (exact) mass is 310 g/mol. The first kappa shape index (κ1) is 15.2. The highest BCUT2D eigenvalue weighted by molar-refractivity contribution is 7.89. The maximum absolute atomic E-state index is 12.0. The smallest absolute Gasteiger partial charge is 0.244 e. The molecule has 0 bridgehead atoms. The zero-order valence-corrected chi connectivity index (χ0v) is 12.1. The second-order valence-electron chi connectivity index (χ2n) is 3.66. The van der Waals surface area contributed by atoms with Gasteiger partial charge in [-0.05, 0) is 12.1 Å². The fraction of sp³-hybridized carbons (Fsp3) is 0.300. The van der Waals surface area contributed by atoms with Crippen LogP contribution in [-0.2, 0) is 14.8 Å². The highest BCUT2D eigenvalue weighted by atomic mass is 35.5. The van der Waals surface area contributed by atoms with Crippen molar-refractivity contribution in [3.63, 3.8) is 0 Å². The van der Waals surface area contributed by atoms with Gasteiger partial charge in [0.25, 0.3) is 0 Å². The first-order valence-corrected chi connectivity index (χ1v) is 7.13. The van der Waals surface area contributed by atoms with Crippen molar-refractivity contribution < 1.29 is 13.2 Å². The molecule has 0 radical (unpaired) electrons. The third kappa shape index (κ3) is 3.58. The molecule has 18 heavy (non-hydrogen) atoms. The van der Waals surface area contributed by atoms with Crippen molar-refractivity contribution in [2.75, 3.05) is 20.6 Å². The van der Waals surface area contributed by atoms with Crippen LogP contribution in [0.25, 0.3) is 0 Å². The molecule has 0 saturated heterocycles. The van der Waals surface area contributed by atoms with Crippen molar-refractivity contribution in [3.8, 4) is 0 Å². The molecule has 1 amide bonds. The van der Waals surface area contributed by atoms with Crippen LogP contribution >= 0.6 is 23.2 Å². The number of likely N-dealkylation sites (N-methyl/N-ethyl adjacent to an activating group) is 1. The lowest BCUT2D eigenvalue weighted by Gasteiger charge is -2.12. The number of carbonyl (C=O) groups excluding carboxylic acids is 1. The van der Waals surface area contributed by atoms with Gasteiger partial charge in [0.2, 0.25) is 15.9 Å². The SMILES string of the molecule is CN(C)C(=O)CNS(=O)(=O)c1c(Cl)cccc1Cl. The molecule has 0 aromatic heterocycles. The van der Waals surface area contributed by atoms with Gasteiger partial charge in [-0.2, -0.15) is 0 Å². The predicted octanol–water partition coefficient (Wildman–Crippen LogP) is 1.36. The Labute approximate surface area is 116 Å². The molecule has 0 aliphatic rings. The van der Waals surface area contributed by atoms with Crippen LogP contribution in [0.5, 0.6) is 0 Å². The first-order chi connectivity index (χ1) is 8.25. The Morgan fingerprint density at radius 2 is 1.78 bits per heavy atom. The van der Waals surface area contributed by atoms with E-state index in [9.17, 15) is 13.2 Å². The van der Waals surface area contributed by atoms with Crippen molar-refractivity contribution in [1.82, 2.24) is 9.62 Å². The summed E-state index contributed by atoms with van der Waals surface area (Å²) in [7, 11) is -0.858. The van der Waals surface area contributed by atoms with Gasteiger partial charge in [-0.3, -0.25) is 4.79 Å². The van der Waals surface area contributed by atoms with Gasteiger partial charge in [-0.1, -0.05) is 29.3 Å². The molecule has 0 aliphatic carbocycles. The number of benzene rings is 1. The topological polar surface area (TPSA) is 66.5 Å². The summed E-state index contributed by atoms with van der Waals surface area (Å²) in [5.41, 5.74) is 0. The number of carbonyl (C=O) groups is 1. The van der Waals surface area contributed by atoms with E-state index in [1.165, 1.54) is 37.2 Å². The third-order valence-electron chi connectivity index (χ3n) is 2.10. The summed E-state index contributed by atoms with van der Waals surface area (Å²) in [6, 6.07) is 4.36. The highest BCUT2D eigenvalue weighted by Gasteiger charge is 2.22. The second kappa shape index (κ2) is 5.88. The van der Waals surface area contributed by atoms with E-state index in [0.29, 0.717) is 0 Å². The molecular weight excluding hydrogens is 299 g/mol. The molecule has 0 heterocycles. The van der Waals surface area contributed by atoms with Crippen molar-refractivity contribution in [3.05, 3.63) is 28.2 Å². The second-order valence-corrected chi connectivity index (χ2v) is 6.18. The van der Waals surface area contributed by atoms with Gasteiger partial charge in [0.05, 0.1) is 16.6 Å². The summed E-state index contributed by atoms with van der Waals surface area (Å²) in [5, 5.41) is 0.0135. The van der Waals surface area contributed by atoms with Gasteiger partial charge in [0.15, 0.2) is 0 Å². The summed E-state index contributed by atoms with van der Waals surface area (Å²) < 4.78 is 26.1. The minimum Gasteiger partial charge on any atom is -0.348 e. The molecular formula is C10H12Cl2N2O3S. The Hall–Kier alpha value is -0.820. The molecule has 1 N–H and O–H groups in total. The minimum atomic E-state index is -3.91. The van der Waals surface area contributed by atoms with Gasteiger partial charge in [-0.25, -0.2) is 13.1 Å². The van der Waals surface area contributed by atoms with Gasteiger partial charge in [0.1, 0.15) is 4.90 Å². The summed E-state index contributed by atoms with van der Waals surface area (Å²) in [6.07, 6.45) is 0. The summed E-state index contributed by atoms with van der Waals surface area (Å²) in [4.78, 5) is 12.4. The van der Waals surface area contributed by atoms with Crippen molar-refractivity contribution in [1.29, 1.82) is 0 Å². The van der Waals surface area contributed by atoms with Crippen molar-refractivity contribution >= 4 is 39.1 Å². The number of hydrogen-bond donors (Lipinski definition) is 1. The third-order valence-corrected chi connectivity index (χ3v) is 4.46. The normalized spacial score (nSPS) is 11.3. The molecule has 5 nitrogen and oxygen atoms in total. The summed E-state index contributed by atoms with van der Waals surface area (Å²) in [6.45, 7) is -0.350. The van der Waals surface area contributed by atoms with E-state index in [4.69, 9.17) is 23.2 Å². The summed E-state index contributed by atoms with van der Waals surface area (Å²) >= 11 is 11.6. The molecule has 1 aromatic carbocycles. The average molecular weight is 311 g/mol. The van der Waals surface area contributed by atoms with Gasteiger partial charge in [-0.15, -0.1) is 0 Å². The van der Waals surface area contributed by atoms with Crippen molar-refractivity contribution in [2.24, 2.45) is 0 Å². The Morgan fingerprint density at radius 1 is 1.28 bits per heavy atom. The van der Waals surface area contributed by atoms with Gasteiger partial charge >= 0.3 is 0 Å². The van der Waals surface area contributed by atoms with Crippen LogP contribution in [0.2, 0.25) is 10.0 Å². The van der Waals surface area contributed by atoms with Gasteiger partial charge in [0, 0.05) is 14.1 Å². The molecule has 1 aromatic rings. The van der Waals surface area contributed by atoms with E-state index in [2.05, 4.69) is 4.72 Å². The van der Waals surface area contributed by atoms with Crippen LogP contribution in [0.3, 0.4) is 0 Å². The van der Waals surface area contributed by atoms with E-state index < -0.39 is 10.0 Å². The largest absolute Gasteiger partial charge is 0.348 e. The van der Waals surface area contributed by atoms with E-state index in [1.54, 1.807) is 0 Å². The van der Waals surface area contributed by atoms with Crippen LogP contribution in [0, 0.1) is 0 Å². The maximum Gasteiger partial charge on any atom is 0.244 e. The predicted molar refractivity (Wildman–Crippen MR) is 70.3 cm³/mol. The average Bonchev–Trinajstić information content (AvgIpc) is 2.25. The molecule has 1 rings (SSSR count). The fourth-order valence-electron chi connectivity index (χ4n) is 1.13. The number of nitrogens with one attached hydrogen (secondary N) is 1. The highest BCUT2D eigenvalue weighted by Crippen LogP contribution is 2.28. The Morgan fingerprint density at radius 3 is 2.22 bits per heavy atom. The number of sulfonamides is 1. The fourth-order valence-corrected chi connectivity index (χ4v) is 3.24. The Kier molecular flexibility index (Phi) is 4.98. The van der Waals surface area contributed by atoms with Crippen molar-refractivity contribution in [2.45, 2.75) is 4.90 Å². The van der Waals surface area contributed by atoms with Crippen LogP contribution < -0.4 is 4.72 Å². The van der Waals surface area contributed by atoms with Crippen LogP contribution in [0.4, 0.5) is 0 Å². The molecule has 8 heteroatoms. The first-order valence-electron chi connectivity index (χ1n) is 4.89. The molecule has 0 atom stereocenters. The van der Waals surface area contributed by atoms with Gasteiger partial charge < -0.3 is 4.90 Å². The molecule has 0 spiro atoms. The molecule has 0 fully saturated rings. The Bertz CT molecular complexity index is 538. The molecule has 0 saturated carbocycles. The number of hydrogen-bond acceptors (Lipinski definition) is 3. The minimum absolute atomic E-state index is 0.00676. The van der Waals surface area contributed by atoms with Crippen LogP contribution in [0.1, 0.15) is 0 Å². The quantitative estimate of drug-likeness (QED) is 0.913. The zero-order valence-electron chi connectivity index (χ0n) is 9.78. The van der Waals surface area contributed by atoms with E-state index in [0.717, 1.165) is 0 Å². The lowest BCUT2D eigenvalue weighted by atomic mass is 10.4. The molecule has 0 aliphatic heterocycles. The molecule has 100 valence electrons. The van der Waals surface area contributed by atoms with E-state index in [-0.39, 0.29) is 27.4 Å². The summed E-state index contributed by atoms with van der Waals surface area (Å²) in [5.74, 6) is -0.373. The standard InChI is InChI=1S/C10H12Cl2N2O3S/c1-14(2)9(15)6-13-18(16,17)10-7(11)4-3-5-8(10)12/h3-5,13H,6H2,1-2H3. The van der Waals surface area contributed by atoms with Crippen LogP contribution in [0.15, 0.2) is 23.1 Å². The zero-order chi connectivity index (χ0) is 13.9.